The zero-order valence-electron chi connectivity index (χ0n) is 15.4. The van der Waals surface area contributed by atoms with Crippen molar-refractivity contribution in [3.63, 3.8) is 0 Å². The summed E-state index contributed by atoms with van der Waals surface area (Å²) < 4.78 is 19.2. The number of carbonyl (C=O) groups excluding carboxylic acids is 1. The smallest absolute Gasteiger partial charge is 0.410 e. The average molecular weight is 371 g/mol. The second kappa shape index (κ2) is 8.37. The number of nitrogens with zero attached hydrogens (tertiary/aromatic N) is 1. The quantitative estimate of drug-likeness (QED) is 0.842. The molecular formula is C19H28ClFN2O2. The van der Waals surface area contributed by atoms with Crippen LogP contribution in [0.4, 0.5) is 9.18 Å². The van der Waals surface area contributed by atoms with E-state index in [1.807, 2.05) is 26.8 Å². The lowest BCUT2D eigenvalue weighted by Crippen LogP contribution is -2.41. The molecule has 0 radical (unpaired) electrons. The summed E-state index contributed by atoms with van der Waals surface area (Å²) in [5.41, 5.74) is 0.417. The van der Waals surface area contributed by atoms with Gasteiger partial charge in [0.05, 0.1) is 5.02 Å². The van der Waals surface area contributed by atoms with Crippen LogP contribution >= 0.6 is 11.6 Å². The van der Waals surface area contributed by atoms with E-state index in [2.05, 4.69) is 12.2 Å². The first-order chi connectivity index (χ1) is 11.7. The van der Waals surface area contributed by atoms with Crippen molar-refractivity contribution in [2.45, 2.75) is 52.2 Å². The Kier molecular flexibility index (Phi) is 6.69. The van der Waals surface area contributed by atoms with Crippen LogP contribution < -0.4 is 5.32 Å². The van der Waals surface area contributed by atoms with Crippen LogP contribution in [0.2, 0.25) is 5.02 Å². The van der Waals surface area contributed by atoms with Gasteiger partial charge in [-0.3, -0.25) is 0 Å². The highest BCUT2D eigenvalue weighted by atomic mass is 35.5. The van der Waals surface area contributed by atoms with Gasteiger partial charge in [0.25, 0.3) is 0 Å². The maximum atomic E-state index is 13.7. The first-order valence-corrected chi connectivity index (χ1v) is 9.22. The maximum absolute atomic E-state index is 13.7. The Morgan fingerprint density at radius 2 is 2.20 bits per heavy atom. The van der Waals surface area contributed by atoms with Crippen molar-refractivity contribution < 1.29 is 13.9 Å². The van der Waals surface area contributed by atoms with Gasteiger partial charge in [-0.2, -0.15) is 0 Å². The molecule has 0 aliphatic carbocycles. The Bertz CT molecular complexity index is 604. The zero-order chi connectivity index (χ0) is 18.6. The van der Waals surface area contributed by atoms with Crippen molar-refractivity contribution >= 4 is 17.7 Å². The van der Waals surface area contributed by atoms with Crippen LogP contribution in [0.15, 0.2) is 18.2 Å². The summed E-state index contributed by atoms with van der Waals surface area (Å²) in [5, 5.41) is 3.62. The standard InChI is InChI=1S/C19H28ClFN2O2/c1-5-22-17(11-13-6-7-15(20)16(21)10-13)14-8-9-23(12-14)18(24)25-19(2,3)4/h6-7,10,14,17,22H,5,8-9,11-12H2,1-4H3. The van der Waals surface area contributed by atoms with Gasteiger partial charge in [0.15, 0.2) is 0 Å². The Hall–Kier alpha value is -1.33. The molecule has 0 aromatic heterocycles. The molecule has 0 saturated carbocycles. The fraction of sp³-hybridized carbons (Fsp3) is 0.632. The fourth-order valence-corrected chi connectivity index (χ4v) is 3.31. The van der Waals surface area contributed by atoms with E-state index >= 15 is 0 Å². The third kappa shape index (κ3) is 5.86. The van der Waals surface area contributed by atoms with Gasteiger partial charge in [-0.15, -0.1) is 0 Å². The summed E-state index contributed by atoms with van der Waals surface area (Å²) in [7, 11) is 0. The number of rotatable bonds is 5. The molecule has 6 heteroatoms. The van der Waals surface area contributed by atoms with Crippen LogP contribution in [0, 0.1) is 11.7 Å². The maximum Gasteiger partial charge on any atom is 0.410 e. The van der Waals surface area contributed by atoms with E-state index < -0.39 is 11.4 Å². The minimum atomic E-state index is -0.489. The van der Waals surface area contributed by atoms with E-state index in [-0.39, 0.29) is 17.2 Å². The van der Waals surface area contributed by atoms with Crippen LogP contribution in [0.3, 0.4) is 0 Å². The van der Waals surface area contributed by atoms with E-state index in [1.165, 1.54) is 6.07 Å². The van der Waals surface area contributed by atoms with E-state index in [0.29, 0.717) is 25.4 Å². The lowest BCUT2D eigenvalue weighted by molar-refractivity contribution is 0.0285. The number of likely N-dealkylation sites (tertiary alicyclic amines) is 1. The predicted octanol–water partition coefficient (Wildman–Crippen LogP) is 4.26. The molecule has 1 aliphatic rings. The normalized spacial score (nSPS) is 19.1. The SMILES string of the molecule is CCNC(Cc1ccc(Cl)c(F)c1)C1CCN(C(=O)OC(C)(C)C)C1. The summed E-state index contributed by atoms with van der Waals surface area (Å²) in [6.07, 6.45) is 1.35. The van der Waals surface area contributed by atoms with Gasteiger partial charge < -0.3 is 15.0 Å². The molecule has 0 spiro atoms. The summed E-state index contributed by atoms with van der Waals surface area (Å²) in [5.74, 6) is -0.0811. The van der Waals surface area contributed by atoms with Crippen molar-refractivity contribution in [3.05, 3.63) is 34.6 Å². The van der Waals surface area contributed by atoms with E-state index in [4.69, 9.17) is 16.3 Å². The molecule has 2 rings (SSSR count). The number of halogens is 2. The topological polar surface area (TPSA) is 41.6 Å². The molecule has 0 bridgehead atoms. The number of benzene rings is 1. The monoisotopic (exact) mass is 370 g/mol. The zero-order valence-corrected chi connectivity index (χ0v) is 16.2. The summed E-state index contributed by atoms with van der Waals surface area (Å²) in [4.78, 5) is 14.0. The third-order valence-electron chi connectivity index (χ3n) is 4.35. The molecule has 1 saturated heterocycles. The van der Waals surface area contributed by atoms with Crippen LogP contribution in [-0.2, 0) is 11.2 Å². The molecule has 1 amide bonds. The number of hydrogen-bond acceptors (Lipinski definition) is 3. The van der Waals surface area contributed by atoms with Gasteiger partial charge in [0.2, 0.25) is 0 Å². The van der Waals surface area contributed by atoms with Crippen molar-refractivity contribution in [1.82, 2.24) is 10.2 Å². The molecular weight excluding hydrogens is 343 g/mol. The lowest BCUT2D eigenvalue weighted by Gasteiger charge is -2.27. The van der Waals surface area contributed by atoms with E-state index in [9.17, 15) is 9.18 Å². The molecule has 1 aromatic carbocycles. The van der Waals surface area contributed by atoms with Crippen LogP contribution in [0.1, 0.15) is 39.7 Å². The molecule has 2 atom stereocenters. The summed E-state index contributed by atoms with van der Waals surface area (Å²) >= 11 is 5.76. The van der Waals surface area contributed by atoms with Crippen molar-refractivity contribution in [2.24, 2.45) is 5.92 Å². The second-order valence-electron chi connectivity index (χ2n) is 7.59. The number of amides is 1. The molecule has 1 heterocycles. The van der Waals surface area contributed by atoms with Crippen molar-refractivity contribution in [3.8, 4) is 0 Å². The Morgan fingerprint density at radius 1 is 1.48 bits per heavy atom. The van der Waals surface area contributed by atoms with Gasteiger partial charge in [-0.1, -0.05) is 24.6 Å². The van der Waals surface area contributed by atoms with Gasteiger partial charge in [0, 0.05) is 19.1 Å². The minimum absolute atomic E-state index is 0.140. The van der Waals surface area contributed by atoms with Gasteiger partial charge in [0.1, 0.15) is 11.4 Å². The summed E-state index contributed by atoms with van der Waals surface area (Å²) in [6.45, 7) is 9.83. The Balaban J connectivity index is 2.00. The first kappa shape index (κ1) is 20.0. The molecule has 2 unspecified atom stereocenters. The third-order valence-corrected chi connectivity index (χ3v) is 4.66. The van der Waals surface area contributed by atoms with Gasteiger partial charge in [-0.05, 0) is 63.8 Å². The first-order valence-electron chi connectivity index (χ1n) is 8.85. The number of hydrogen-bond donors (Lipinski definition) is 1. The largest absolute Gasteiger partial charge is 0.444 e. The van der Waals surface area contributed by atoms with Crippen LogP contribution in [0.5, 0.6) is 0 Å². The molecule has 1 fully saturated rings. The van der Waals surface area contributed by atoms with Crippen molar-refractivity contribution in [2.75, 3.05) is 19.6 Å². The average Bonchev–Trinajstić information content (AvgIpc) is 2.99. The van der Waals surface area contributed by atoms with E-state index in [0.717, 1.165) is 18.5 Å². The van der Waals surface area contributed by atoms with Crippen LogP contribution in [-0.4, -0.2) is 42.3 Å². The number of ether oxygens (including phenoxy) is 1. The lowest BCUT2D eigenvalue weighted by atomic mass is 9.92. The molecule has 140 valence electrons. The molecule has 1 N–H and O–H groups in total. The van der Waals surface area contributed by atoms with E-state index in [1.54, 1.807) is 11.0 Å². The molecule has 1 aliphatic heterocycles. The molecule has 1 aromatic rings. The highest BCUT2D eigenvalue weighted by Gasteiger charge is 2.33. The number of nitrogens with one attached hydrogen (secondary N) is 1. The number of carbonyl (C=O) groups is 1. The summed E-state index contributed by atoms with van der Waals surface area (Å²) in [6, 6.07) is 5.12. The Morgan fingerprint density at radius 3 is 2.80 bits per heavy atom. The molecule has 4 nitrogen and oxygen atoms in total. The predicted molar refractivity (Wildman–Crippen MR) is 98.5 cm³/mol. The van der Waals surface area contributed by atoms with Crippen molar-refractivity contribution in [1.29, 1.82) is 0 Å². The number of likely N-dealkylation sites (N-methyl/N-ethyl adjacent to an activating group) is 1. The fourth-order valence-electron chi connectivity index (χ4n) is 3.20. The van der Waals surface area contributed by atoms with Crippen LogP contribution in [0.25, 0.3) is 0 Å². The highest BCUT2D eigenvalue weighted by Crippen LogP contribution is 2.25. The highest BCUT2D eigenvalue weighted by molar-refractivity contribution is 6.30. The minimum Gasteiger partial charge on any atom is -0.444 e. The van der Waals surface area contributed by atoms with Gasteiger partial charge in [-0.25, -0.2) is 9.18 Å². The van der Waals surface area contributed by atoms with Gasteiger partial charge >= 0.3 is 6.09 Å². The second-order valence-corrected chi connectivity index (χ2v) is 8.00. The Labute approximate surface area is 154 Å². The molecule has 25 heavy (non-hydrogen) atoms.